The highest BCUT2D eigenvalue weighted by Crippen LogP contribution is 2.68. The van der Waals surface area contributed by atoms with Crippen LogP contribution in [0.1, 0.15) is 85.0 Å². The SMILES string of the molecule is CCC1CCC2C3CCC4CC(C(=O)OC)CCC4(C)C3CCC12C. The number of ether oxygens (including phenoxy) is 1. The molecule has 4 rings (SSSR count). The maximum Gasteiger partial charge on any atom is 0.308 e. The molecule has 142 valence electrons. The number of carbonyl (C=O) groups excluding carboxylic acids is 1. The minimum atomic E-state index is 0.0435. The Bertz CT molecular complexity index is 528. The fraction of sp³-hybridized carbons (Fsp3) is 0.957. The molecule has 0 aromatic rings. The summed E-state index contributed by atoms with van der Waals surface area (Å²) >= 11 is 0. The lowest BCUT2D eigenvalue weighted by Gasteiger charge is -2.61. The fourth-order valence-electron chi connectivity index (χ4n) is 8.42. The minimum absolute atomic E-state index is 0.0435. The smallest absolute Gasteiger partial charge is 0.308 e. The highest BCUT2D eigenvalue weighted by molar-refractivity contribution is 5.72. The summed E-state index contributed by atoms with van der Waals surface area (Å²) in [6.07, 6.45) is 13.4. The van der Waals surface area contributed by atoms with Gasteiger partial charge in [0, 0.05) is 0 Å². The van der Waals surface area contributed by atoms with E-state index >= 15 is 0 Å². The number of esters is 1. The second-order valence-electron chi connectivity index (χ2n) is 10.4. The van der Waals surface area contributed by atoms with E-state index in [1.54, 1.807) is 7.11 Å². The molecule has 4 fully saturated rings. The number of methoxy groups -OCH3 is 1. The first kappa shape index (κ1) is 17.9. The van der Waals surface area contributed by atoms with Gasteiger partial charge in [-0.05, 0) is 98.2 Å². The Hall–Kier alpha value is -0.530. The molecule has 0 aliphatic heterocycles. The molecule has 4 aliphatic rings. The molecule has 4 aliphatic carbocycles. The van der Waals surface area contributed by atoms with Gasteiger partial charge in [0.25, 0.3) is 0 Å². The second kappa shape index (κ2) is 6.27. The molecule has 4 saturated carbocycles. The average molecular weight is 347 g/mol. The Morgan fingerprint density at radius 2 is 1.68 bits per heavy atom. The molecule has 8 atom stereocenters. The third kappa shape index (κ3) is 2.52. The third-order valence-electron chi connectivity index (χ3n) is 9.89. The fourth-order valence-corrected chi connectivity index (χ4v) is 8.42. The van der Waals surface area contributed by atoms with Crippen molar-refractivity contribution in [1.82, 2.24) is 0 Å². The molecule has 0 saturated heterocycles. The molecule has 2 heteroatoms. The number of hydrogen-bond donors (Lipinski definition) is 0. The zero-order valence-corrected chi connectivity index (χ0v) is 16.9. The highest BCUT2D eigenvalue weighted by Gasteiger charge is 2.60. The van der Waals surface area contributed by atoms with Crippen molar-refractivity contribution < 1.29 is 9.53 Å². The van der Waals surface area contributed by atoms with Crippen LogP contribution in [0.2, 0.25) is 0 Å². The zero-order valence-electron chi connectivity index (χ0n) is 16.9. The Morgan fingerprint density at radius 1 is 0.960 bits per heavy atom. The quantitative estimate of drug-likeness (QED) is 0.587. The van der Waals surface area contributed by atoms with Crippen LogP contribution in [-0.4, -0.2) is 13.1 Å². The maximum atomic E-state index is 12.1. The predicted molar refractivity (Wildman–Crippen MR) is 101 cm³/mol. The van der Waals surface area contributed by atoms with Crippen LogP contribution in [0.5, 0.6) is 0 Å². The lowest BCUT2D eigenvalue weighted by Crippen LogP contribution is -2.53. The number of hydrogen-bond acceptors (Lipinski definition) is 2. The Kier molecular flexibility index (Phi) is 4.48. The molecule has 0 aromatic carbocycles. The van der Waals surface area contributed by atoms with Crippen LogP contribution in [0.4, 0.5) is 0 Å². The molecule has 0 N–H and O–H groups in total. The van der Waals surface area contributed by atoms with Crippen molar-refractivity contribution in [3.05, 3.63) is 0 Å². The maximum absolute atomic E-state index is 12.1. The van der Waals surface area contributed by atoms with E-state index in [1.165, 1.54) is 51.4 Å². The number of fused-ring (bicyclic) bond motifs is 5. The van der Waals surface area contributed by atoms with Crippen molar-refractivity contribution in [1.29, 1.82) is 0 Å². The van der Waals surface area contributed by atoms with Crippen LogP contribution in [0.3, 0.4) is 0 Å². The summed E-state index contributed by atoms with van der Waals surface area (Å²) in [5, 5.41) is 0. The van der Waals surface area contributed by atoms with Gasteiger partial charge in [-0.15, -0.1) is 0 Å². The van der Waals surface area contributed by atoms with Gasteiger partial charge in [0.05, 0.1) is 13.0 Å². The van der Waals surface area contributed by atoms with Crippen molar-refractivity contribution in [3.8, 4) is 0 Å². The van der Waals surface area contributed by atoms with Gasteiger partial charge in [-0.25, -0.2) is 0 Å². The van der Waals surface area contributed by atoms with E-state index in [2.05, 4.69) is 20.8 Å². The Labute approximate surface area is 154 Å². The van der Waals surface area contributed by atoms with E-state index in [4.69, 9.17) is 4.74 Å². The van der Waals surface area contributed by atoms with Crippen molar-refractivity contribution in [2.75, 3.05) is 7.11 Å². The molecule has 0 heterocycles. The molecule has 0 bridgehead atoms. The van der Waals surface area contributed by atoms with Gasteiger partial charge in [-0.2, -0.15) is 0 Å². The third-order valence-corrected chi connectivity index (χ3v) is 9.89. The molecule has 25 heavy (non-hydrogen) atoms. The standard InChI is InChI=1S/C23H38O2/c1-5-16-7-9-19-18-8-6-17-14-15(21(24)25-4)10-12-23(17,3)20(18)11-13-22(16,19)2/h15-20H,5-14H2,1-4H3. The largest absolute Gasteiger partial charge is 0.469 e. The van der Waals surface area contributed by atoms with Crippen LogP contribution in [-0.2, 0) is 9.53 Å². The van der Waals surface area contributed by atoms with E-state index in [9.17, 15) is 4.79 Å². The average Bonchev–Trinajstić information content (AvgIpc) is 2.96. The number of carbonyl (C=O) groups is 1. The summed E-state index contributed by atoms with van der Waals surface area (Å²) in [6.45, 7) is 7.64. The van der Waals surface area contributed by atoms with Crippen molar-refractivity contribution in [2.24, 2.45) is 46.3 Å². The van der Waals surface area contributed by atoms with Gasteiger partial charge in [0.1, 0.15) is 0 Å². The van der Waals surface area contributed by atoms with Crippen LogP contribution < -0.4 is 0 Å². The Balaban J connectivity index is 1.55. The summed E-state index contributed by atoms with van der Waals surface area (Å²) in [5.74, 6) is 4.79. The van der Waals surface area contributed by atoms with Crippen LogP contribution in [0.15, 0.2) is 0 Å². The minimum Gasteiger partial charge on any atom is -0.469 e. The summed E-state index contributed by atoms with van der Waals surface area (Å²) in [7, 11) is 1.55. The van der Waals surface area contributed by atoms with Crippen LogP contribution in [0, 0.1) is 46.3 Å². The predicted octanol–water partition coefficient (Wildman–Crippen LogP) is 5.84. The van der Waals surface area contributed by atoms with Gasteiger partial charge in [0.2, 0.25) is 0 Å². The lowest BCUT2D eigenvalue weighted by atomic mass is 9.44. The highest BCUT2D eigenvalue weighted by atomic mass is 16.5. The van der Waals surface area contributed by atoms with Crippen molar-refractivity contribution >= 4 is 5.97 Å². The van der Waals surface area contributed by atoms with Gasteiger partial charge in [-0.3, -0.25) is 4.79 Å². The summed E-state index contributed by atoms with van der Waals surface area (Å²) in [4.78, 5) is 12.1. The van der Waals surface area contributed by atoms with E-state index in [1.807, 2.05) is 0 Å². The normalized spacial score (nSPS) is 52.0. The van der Waals surface area contributed by atoms with E-state index in [-0.39, 0.29) is 11.9 Å². The van der Waals surface area contributed by atoms with E-state index in [0.29, 0.717) is 10.8 Å². The van der Waals surface area contributed by atoms with Crippen LogP contribution >= 0.6 is 0 Å². The first-order valence-corrected chi connectivity index (χ1v) is 11.0. The van der Waals surface area contributed by atoms with Crippen LogP contribution in [0.25, 0.3) is 0 Å². The topological polar surface area (TPSA) is 26.3 Å². The molecule has 8 unspecified atom stereocenters. The summed E-state index contributed by atoms with van der Waals surface area (Å²) < 4.78 is 5.06. The van der Waals surface area contributed by atoms with Crippen molar-refractivity contribution in [3.63, 3.8) is 0 Å². The summed E-state index contributed by atoms with van der Waals surface area (Å²) in [6, 6.07) is 0. The number of rotatable bonds is 2. The van der Waals surface area contributed by atoms with E-state index in [0.717, 1.165) is 42.4 Å². The van der Waals surface area contributed by atoms with Crippen molar-refractivity contribution in [2.45, 2.75) is 85.0 Å². The van der Waals surface area contributed by atoms with Gasteiger partial charge < -0.3 is 4.74 Å². The first-order valence-electron chi connectivity index (χ1n) is 11.0. The van der Waals surface area contributed by atoms with Gasteiger partial charge in [0.15, 0.2) is 0 Å². The summed E-state index contributed by atoms with van der Waals surface area (Å²) in [5.41, 5.74) is 1.11. The molecular weight excluding hydrogens is 308 g/mol. The Morgan fingerprint density at radius 3 is 2.40 bits per heavy atom. The monoisotopic (exact) mass is 346 g/mol. The van der Waals surface area contributed by atoms with Gasteiger partial charge in [-0.1, -0.05) is 27.2 Å². The molecule has 0 radical (unpaired) electrons. The second-order valence-corrected chi connectivity index (χ2v) is 10.4. The molecule has 0 amide bonds. The van der Waals surface area contributed by atoms with E-state index < -0.39 is 0 Å². The first-order chi connectivity index (χ1) is 11.9. The zero-order chi connectivity index (χ0) is 17.8. The molecule has 0 spiro atoms. The molecule has 2 nitrogen and oxygen atoms in total. The lowest BCUT2D eigenvalue weighted by molar-refractivity contribution is -0.155. The molecular formula is C23H38O2. The molecule has 0 aromatic heterocycles. The van der Waals surface area contributed by atoms with Gasteiger partial charge >= 0.3 is 5.97 Å².